The van der Waals surface area contributed by atoms with Crippen LogP contribution in [0.5, 0.6) is 5.75 Å². The molecule has 0 unspecified atom stereocenters. The third-order valence-electron chi connectivity index (χ3n) is 3.82. The molecule has 4 heteroatoms. The van der Waals surface area contributed by atoms with Gasteiger partial charge in [0.25, 0.3) is 0 Å². The molecule has 0 amide bonds. The standard InChI is InChI=1S/C15H24N2O2/c1-17(14-5-7-19-8-6-14)11-12-3-4-13(10-16)15(9-12)18-2/h3-4,9,14H,5-8,10-11,16H2,1-2H3. The van der Waals surface area contributed by atoms with Gasteiger partial charge in [-0.15, -0.1) is 0 Å². The second kappa shape index (κ2) is 6.89. The highest BCUT2D eigenvalue weighted by molar-refractivity contribution is 5.37. The molecule has 2 N–H and O–H groups in total. The van der Waals surface area contributed by atoms with Crippen molar-refractivity contribution in [1.29, 1.82) is 0 Å². The summed E-state index contributed by atoms with van der Waals surface area (Å²) in [6.45, 7) is 3.21. The van der Waals surface area contributed by atoms with Crippen molar-refractivity contribution in [2.45, 2.75) is 32.0 Å². The lowest BCUT2D eigenvalue weighted by atomic mass is 10.1. The zero-order valence-corrected chi connectivity index (χ0v) is 11.9. The Hall–Kier alpha value is -1.10. The fourth-order valence-corrected chi connectivity index (χ4v) is 2.60. The van der Waals surface area contributed by atoms with Gasteiger partial charge in [0.05, 0.1) is 7.11 Å². The minimum absolute atomic E-state index is 0.513. The van der Waals surface area contributed by atoms with Gasteiger partial charge in [-0.25, -0.2) is 0 Å². The molecule has 1 aliphatic rings. The molecule has 106 valence electrons. The maximum absolute atomic E-state index is 5.69. The van der Waals surface area contributed by atoms with Crippen LogP contribution in [0.1, 0.15) is 24.0 Å². The normalized spacial score (nSPS) is 16.8. The van der Waals surface area contributed by atoms with Crippen molar-refractivity contribution in [3.63, 3.8) is 0 Å². The van der Waals surface area contributed by atoms with Gasteiger partial charge in [-0.2, -0.15) is 0 Å². The highest BCUT2D eigenvalue weighted by atomic mass is 16.5. The second-order valence-electron chi connectivity index (χ2n) is 5.11. The molecular formula is C15H24N2O2. The van der Waals surface area contributed by atoms with Crippen LogP contribution in [-0.2, 0) is 17.8 Å². The largest absolute Gasteiger partial charge is 0.496 e. The third-order valence-corrected chi connectivity index (χ3v) is 3.82. The summed E-state index contributed by atoms with van der Waals surface area (Å²) in [5, 5.41) is 0. The van der Waals surface area contributed by atoms with E-state index in [9.17, 15) is 0 Å². The van der Waals surface area contributed by atoms with Crippen LogP contribution in [0.4, 0.5) is 0 Å². The number of hydrogen-bond acceptors (Lipinski definition) is 4. The van der Waals surface area contributed by atoms with Crippen LogP contribution in [0, 0.1) is 0 Å². The van der Waals surface area contributed by atoms with Gasteiger partial charge in [-0.3, -0.25) is 4.90 Å². The van der Waals surface area contributed by atoms with Crippen molar-refractivity contribution in [2.24, 2.45) is 5.73 Å². The molecule has 0 radical (unpaired) electrons. The van der Waals surface area contributed by atoms with E-state index in [1.807, 2.05) is 0 Å². The van der Waals surface area contributed by atoms with Crippen LogP contribution in [0.15, 0.2) is 18.2 Å². The van der Waals surface area contributed by atoms with E-state index in [4.69, 9.17) is 15.2 Å². The number of benzene rings is 1. The van der Waals surface area contributed by atoms with Crippen LogP contribution in [0.2, 0.25) is 0 Å². The number of nitrogens with two attached hydrogens (primary N) is 1. The van der Waals surface area contributed by atoms with Gasteiger partial charge in [0.15, 0.2) is 0 Å². The molecule has 0 saturated carbocycles. The van der Waals surface area contributed by atoms with E-state index in [2.05, 4.69) is 30.1 Å². The van der Waals surface area contributed by atoms with Crippen LogP contribution in [0.25, 0.3) is 0 Å². The Bertz CT molecular complexity index is 403. The minimum Gasteiger partial charge on any atom is -0.496 e. The van der Waals surface area contributed by atoms with E-state index >= 15 is 0 Å². The SMILES string of the molecule is COc1cc(CN(C)C2CCOCC2)ccc1CN. The Labute approximate surface area is 115 Å². The quantitative estimate of drug-likeness (QED) is 0.880. The number of ether oxygens (including phenoxy) is 2. The molecule has 1 heterocycles. The van der Waals surface area contributed by atoms with Gasteiger partial charge in [-0.05, 0) is 31.5 Å². The molecule has 2 rings (SSSR count). The first-order valence-corrected chi connectivity index (χ1v) is 6.88. The molecule has 19 heavy (non-hydrogen) atoms. The van der Waals surface area contributed by atoms with E-state index in [1.54, 1.807) is 7.11 Å². The van der Waals surface area contributed by atoms with Crippen molar-refractivity contribution in [1.82, 2.24) is 4.90 Å². The first-order valence-electron chi connectivity index (χ1n) is 6.88. The Morgan fingerprint density at radius 1 is 1.37 bits per heavy atom. The van der Waals surface area contributed by atoms with Crippen molar-refractivity contribution in [3.05, 3.63) is 29.3 Å². The smallest absolute Gasteiger partial charge is 0.123 e. The Morgan fingerprint density at radius 2 is 2.11 bits per heavy atom. The van der Waals surface area contributed by atoms with Crippen molar-refractivity contribution >= 4 is 0 Å². The maximum atomic E-state index is 5.69. The summed E-state index contributed by atoms with van der Waals surface area (Å²) < 4.78 is 10.8. The number of hydrogen-bond donors (Lipinski definition) is 1. The molecule has 1 aromatic carbocycles. The maximum Gasteiger partial charge on any atom is 0.123 e. The summed E-state index contributed by atoms with van der Waals surface area (Å²) in [5.41, 5.74) is 8.01. The van der Waals surface area contributed by atoms with E-state index in [0.29, 0.717) is 12.6 Å². The molecule has 4 nitrogen and oxygen atoms in total. The fourth-order valence-electron chi connectivity index (χ4n) is 2.60. The lowest BCUT2D eigenvalue weighted by Gasteiger charge is -2.31. The molecule has 0 spiro atoms. The lowest BCUT2D eigenvalue weighted by molar-refractivity contribution is 0.0407. The van der Waals surface area contributed by atoms with Gasteiger partial charge in [-0.1, -0.05) is 12.1 Å². The summed E-state index contributed by atoms with van der Waals surface area (Å²) in [7, 11) is 3.87. The Balaban J connectivity index is 2.01. The van der Waals surface area contributed by atoms with Crippen molar-refractivity contribution in [2.75, 3.05) is 27.4 Å². The second-order valence-corrected chi connectivity index (χ2v) is 5.11. The topological polar surface area (TPSA) is 47.7 Å². The van der Waals surface area contributed by atoms with E-state index in [-0.39, 0.29) is 0 Å². The predicted octanol–water partition coefficient (Wildman–Crippen LogP) is 1.76. The molecular weight excluding hydrogens is 240 g/mol. The van der Waals surface area contributed by atoms with Crippen LogP contribution in [-0.4, -0.2) is 38.3 Å². The van der Waals surface area contributed by atoms with Gasteiger partial charge in [0.1, 0.15) is 5.75 Å². The fraction of sp³-hybridized carbons (Fsp3) is 0.600. The lowest BCUT2D eigenvalue weighted by Crippen LogP contribution is -2.36. The Kier molecular flexibility index (Phi) is 5.19. The third kappa shape index (κ3) is 3.69. The molecule has 0 aliphatic carbocycles. The monoisotopic (exact) mass is 264 g/mol. The van der Waals surface area contributed by atoms with E-state index in [0.717, 1.165) is 43.9 Å². The summed E-state index contributed by atoms with van der Waals surface area (Å²) in [6.07, 6.45) is 2.24. The predicted molar refractivity (Wildman–Crippen MR) is 76.2 cm³/mol. The van der Waals surface area contributed by atoms with Gasteiger partial charge >= 0.3 is 0 Å². The van der Waals surface area contributed by atoms with E-state index < -0.39 is 0 Å². The summed E-state index contributed by atoms with van der Waals surface area (Å²) in [4.78, 5) is 2.40. The van der Waals surface area contributed by atoms with Gasteiger partial charge < -0.3 is 15.2 Å². The first kappa shape index (κ1) is 14.3. The first-order chi connectivity index (χ1) is 9.24. The average molecular weight is 264 g/mol. The molecule has 1 aliphatic heterocycles. The zero-order chi connectivity index (χ0) is 13.7. The van der Waals surface area contributed by atoms with Crippen LogP contribution < -0.4 is 10.5 Å². The molecule has 0 atom stereocenters. The van der Waals surface area contributed by atoms with Crippen molar-refractivity contribution < 1.29 is 9.47 Å². The van der Waals surface area contributed by atoms with E-state index in [1.165, 1.54) is 5.56 Å². The number of nitrogens with zero attached hydrogens (tertiary/aromatic N) is 1. The Morgan fingerprint density at radius 3 is 2.74 bits per heavy atom. The highest BCUT2D eigenvalue weighted by Gasteiger charge is 2.18. The molecule has 1 saturated heterocycles. The average Bonchev–Trinajstić information content (AvgIpc) is 2.48. The van der Waals surface area contributed by atoms with Gasteiger partial charge in [0.2, 0.25) is 0 Å². The van der Waals surface area contributed by atoms with Crippen molar-refractivity contribution in [3.8, 4) is 5.75 Å². The summed E-state index contributed by atoms with van der Waals surface area (Å²) >= 11 is 0. The zero-order valence-electron chi connectivity index (χ0n) is 11.9. The van der Waals surface area contributed by atoms with Crippen LogP contribution >= 0.6 is 0 Å². The highest BCUT2D eigenvalue weighted by Crippen LogP contribution is 2.22. The molecule has 1 fully saturated rings. The minimum atomic E-state index is 0.513. The molecule has 0 bridgehead atoms. The molecule has 1 aromatic rings. The number of rotatable bonds is 5. The van der Waals surface area contributed by atoms with Crippen LogP contribution in [0.3, 0.4) is 0 Å². The number of methoxy groups -OCH3 is 1. The summed E-state index contributed by atoms with van der Waals surface area (Å²) in [5.74, 6) is 0.889. The van der Waals surface area contributed by atoms with Gasteiger partial charge in [0, 0.05) is 37.9 Å². The summed E-state index contributed by atoms with van der Waals surface area (Å²) in [6, 6.07) is 6.92. The molecule has 0 aromatic heterocycles.